The lowest BCUT2D eigenvalue weighted by Gasteiger charge is -2.35. The molecule has 0 radical (unpaired) electrons. The number of H-pyrrole nitrogens is 1. The average molecular weight is 328 g/mol. The maximum absolute atomic E-state index is 12.9. The molecule has 0 bridgehead atoms. The summed E-state index contributed by atoms with van der Waals surface area (Å²) in [6.45, 7) is 5.47. The molecule has 2 aromatic rings. The summed E-state index contributed by atoms with van der Waals surface area (Å²) < 4.78 is 2.02. The Labute approximate surface area is 141 Å². The van der Waals surface area contributed by atoms with Gasteiger partial charge >= 0.3 is 0 Å². The van der Waals surface area contributed by atoms with E-state index < -0.39 is 0 Å². The number of aryl methyl sites for hydroxylation is 1. The third-order valence-electron chi connectivity index (χ3n) is 5.13. The number of nitrogens with zero attached hydrogens (tertiary/aromatic N) is 4. The van der Waals surface area contributed by atoms with Crippen LogP contribution in [0.2, 0.25) is 0 Å². The number of imidazole rings is 1. The molecular formula is C17H24N6O. The summed E-state index contributed by atoms with van der Waals surface area (Å²) in [6, 6.07) is -0.287. The first-order valence-electron chi connectivity index (χ1n) is 8.74. The monoisotopic (exact) mass is 328 g/mol. The smallest absolute Gasteiger partial charge is 0.246 e. The maximum atomic E-state index is 12.9. The number of carbonyl (C=O) groups is 1. The van der Waals surface area contributed by atoms with Gasteiger partial charge in [0.15, 0.2) is 0 Å². The highest BCUT2D eigenvalue weighted by atomic mass is 16.2. The number of rotatable bonds is 3. The van der Waals surface area contributed by atoms with Crippen molar-refractivity contribution in [2.45, 2.75) is 38.8 Å². The van der Waals surface area contributed by atoms with E-state index >= 15 is 0 Å². The molecule has 7 heteroatoms. The molecule has 0 saturated carbocycles. The third kappa shape index (κ3) is 2.96. The number of nitrogens with one attached hydrogen (secondary N) is 2. The molecule has 0 unspecified atom stereocenters. The van der Waals surface area contributed by atoms with Crippen molar-refractivity contribution in [2.24, 2.45) is 5.92 Å². The summed E-state index contributed by atoms with van der Waals surface area (Å²) in [5.74, 6) is 0.755. The van der Waals surface area contributed by atoms with Gasteiger partial charge in [-0.3, -0.25) is 9.48 Å². The molecule has 1 amide bonds. The van der Waals surface area contributed by atoms with E-state index in [1.807, 2.05) is 15.8 Å². The molecule has 0 aromatic carbocycles. The van der Waals surface area contributed by atoms with Gasteiger partial charge in [-0.2, -0.15) is 5.10 Å². The van der Waals surface area contributed by atoms with Crippen LogP contribution in [-0.2, 0) is 17.8 Å². The lowest BCUT2D eigenvalue weighted by molar-refractivity contribution is -0.135. The topological polar surface area (TPSA) is 78.8 Å². The third-order valence-corrected chi connectivity index (χ3v) is 5.13. The molecule has 0 aliphatic carbocycles. The van der Waals surface area contributed by atoms with Crippen LogP contribution < -0.4 is 5.32 Å². The quantitative estimate of drug-likeness (QED) is 0.882. The number of fused-ring (bicyclic) bond motifs is 1. The normalized spacial score (nSPS) is 21.7. The zero-order valence-electron chi connectivity index (χ0n) is 14.0. The Hall–Kier alpha value is -2.15. The number of carbonyl (C=O) groups excluding carboxylic acids is 1. The Morgan fingerprint density at radius 3 is 2.96 bits per heavy atom. The van der Waals surface area contributed by atoms with Crippen molar-refractivity contribution in [3.05, 3.63) is 35.7 Å². The van der Waals surface area contributed by atoms with Crippen LogP contribution in [0.3, 0.4) is 0 Å². The Balaban J connectivity index is 1.35. The Morgan fingerprint density at radius 1 is 1.38 bits per heavy atom. The molecule has 2 aromatic heterocycles. The Kier molecular flexibility index (Phi) is 4.10. The zero-order chi connectivity index (χ0) is 16.5. The van der Waals surface area contributed by atoms with E-state index in [1.54, 1.807) is 6.33 Å². The number of hydrogen-bond acceptors (Lipinski definition) is 4. The molecule has 1 fully saturated rings. The summed E-state index contributed by atoms with van der Waals surface area (Å²) in [7, 11) is 0. The fourth-order valence-electron chi connectivity index (χ4n) is 3.77. The number of aromatic nitrogens is 4. The fourth-order valence-corrected chi connectivity index (χ4v) is 3.77. The van der Waals surface area contributed by atoms with Crippen molar-refractivity contribution < 1.29 is 4.79 Å². The lowest BCUT2D eigenvalue weighted by atomic mass is 9.95. The molecular weight excluding hydrogens is 304 g/mol. The number of hydrogen-bond donors (Lipinski definition) is 2. The minimum Gasteiger partial charge on any atom is -0.348 e. The van der Waals surface area contributed by atoms with Gasteiger partial charge in [0, 0.05) is 44.5 Å². The highest BCUT2D eigenvalue weighted by molar-refractivity contribution is 5.83. The van der Waals surface area contributed by atoms with E-state index in [4.69, 9.17) is 0 Å². The highest BCUT2D eigenvalue weighted by Gasteiger charge is 2.33. The van der Waals surface area contributed by atoms with Crippen LogP contribution in [0.5, 0.6) is 0 Å². The average Bonchev–Trinajstić information content (AvgIpc) is 3.23. The van der Waals surface area contributed by atoms with Crippen molar-refractivity contribution in [1.82, 2.24) is 30.0 Å². The Morgan fingerprint density at radius 2 is 2.21 bits per heavy atom. The van der Waals surface area contributed by atoms with Crippen molar-refractivity contribution >= 4 is 5.91 Å². The van der Waals surface area contributed by atoms with E-state index in [0.717, 1.165) is 56.8 Å². The molecule has 2 aliphatic heterocycles. The summed E-state index contributed by atoms with van der Waals surface area (Å²) in [4.78, 5) is 22.4. The second-order valence-electron chi connectivity index (χ2n) is 6.91. The first kappa shape index (κ1) is 15.4. The second kappa shape index (κ2) is 6.39. The van der Waals surface area contributed by atoms with Crippen molar-refractivity contribution in [2.75, 3.05) is 19.6 Å². The van der Waals surface area contributed by atoms with E-state index in [1.165, 1.54) is 5.56 Å². The van der Waals surface area contributed by atoms with Crippen LogP contribution in [-0.4, -0.2) is 50.2 Å². The van der Waals surface area contributed by atoms with E-state index in [-0.39, 0.29) is 11.9 Å². The molecule has 1 atom stereocenters. The van der Waals surface area contributed by atoms with Gasteiger partial charge in [0.1, 0.15) is 6.04 Å². The van der Waals surface area contributed by atoms with E-state index in [0.29, 0.717) is 5.92 Å². The van der Waals surface area contributed by atoms with Gasteiger partial charge in [-0.1, -0.05) is 0 Å². The summed E-state index contributed by atoms with van der Waals surface area (Å²) in [5, 5.41) is 7.70. The van der Waals surface area contributed by atoms with Gasteiger partial charge in [-0.05, 0) is 31.2 Å². The second-order valence-corrected chi connectivity index (χ2v) is 6.91. The first-order valence-corrected chi connectivity index (χ1v) is 8.74. The van der Waals surface area contributed by atoms with Gasteiger partial charge in [-0.15, -0.1) is 0 Å². The fraction of sp³-hybridized carbons (Fsp3) is 0.588. The summed E-state index contributed by atoms with van der Waals surface area (Å²) in [6.07, 6.45) is 8.65. The van der Waals surface area contributed by atoms with Gasteiger partial charge in [0.2, 0.25) is 5.91 Å². The predicted molar refractivity (Wildman–Crippen MR) is 89.3 cm³/mol. The minimum absolute atomic E-state index is 0.163. The molecule has 7 nitrogen and oxygen atoms in total. The zero-order valence-corrected chi connectivity index (χ0v) is 14.0. The Bertz CT molecular complexity index is 712. The minimum atomic E-state index is -0.287. The molecule has 128 valence electrons. The van der Waals surface area contributed by atoms with Crippen LogP contribution >= 0.6 is 0 Å². The van der Waals surface area contributed by atoms with Gasteiger partial charge < -0.3 is 15.2 Å². The highest BCUT2D eigenvalue weighted by Crippen LogP contribution is 2.25. The number of piperidine rings is 1. The maximum Gasteiger partial charge on any atom is 0.246 e. The van der Waals surface area contributed by atoms with Crippen LogP contribution in [0.4, 0.5) is 0 Å². The lowest BCUT2D eigenvalue weighted by Crippen LogP contribution is -2.47. The molecule has 4 rings (SSSR count). The van der Waals surface area contributed by atoms with Crippen LogP contribution in [0.1, 0.15) is 35.8 Å². The van der Waals surface area contributed by atoms with Crippen molar-refractivity contribution in [1.29, 1.82) is 0 Å². The standard InChI is InChI=1S/C17H24N6O/c1-12-8-21-23(9-12)10-13-3-6-22(7-4-13)17(24)16-15-14(2-5-18-16)19-11-20-15/h8-9,11,13,16,18H,2-7,10H2,1H3,(H,19,20)/t16-/m0/s1. The van der Waals surface area contributed by atoms with Gasteiger partial charge in [0.05, 0.1) is 18.2 Å². The predicted octanol–water partition coefficient (Wildman–Crippen LogP) is 1.04. The largest absolute Gasteiger partial charge is 0.348 e. The van der Waals surface area contributed by atoms with Crippen molar-refractivity contribution in [3.8, 4) is 0 Å². The first-order chi connectivity index (χ1) is 11.7. The van der Waals surface area contributed by atoms with E-state index in [2.05, 4.69) is 33.5 Å². The van der Waals surface area contributed by atoms with E-state index in [9.17, 15) is 4.79 Å². The molecule has 1 saturated heterocycles. The van der Waals surface area contributed by atoms with Crippen LogP contribution in [0.25, 0.3) is 0 Å². The van der Waals surface area contributed by atoms with Crippen LogP contribution in [0.15, 0.2) is 18.7 Å². The molecule has 2 aliphatic rings. The number of aromatic amines is 1. The van der Waals surface area contributed by atoms with Gasteiger partial charge in [-0.25, -0.2) is 4.98 Å². The molecule has 4 heterocycles. The summed E-state index contributed by atoms with van der Waals surface area (Å²) in [5.41, 5.74) is 3.16. The van der Waals surface area contributed by atoms with Crippen LogP contribution in [0, 0.1) is 12.8 Å². The van der Waals surface area contributed by atoms with Gasteiger partial charge in [0.25, 0.3) is 0 Å². The number of amides is 1. The van der Waals surface area contributed by atoms with Crippen molar-refractivity contribution in [3.63, 3.8) is 0 Å². The summed E-state index contributed by atoms with van der Waals surface area (Å²) >= 11 is 0. The SMILES string of the molecule is Cc1cnn(CC2CCN(C(=O)[C@H]3NCCc4[nH]cnc43)CC2)c1. The molecule has 24 heavy (non-hydrogen) atoms. The molecule has 2 N–H and O–H groups in total. The molecule has 0 spiro atoms. The number of likely N-dealkylation sites (tertiary alicyclic amines) is 1.